The van der Waals surface area contributed by atoms with Gasteiger partial charge in [0.25, 0.3) is 0 Å². The number of aliphatic carboxylic acids is 1. The van der Waals surface area contributed by atoms with Crippen molar-refractivity contribution in [3.8, 4) is 0 Å². The number of carboxylic acids is 1. The van der Waals surface area contributed by atoms with Crippen molar-refractivity contribution >= 4 is 23.2 Å². The number of carboxylic acid groups (broad SMARTS) is 1. The number of nitrogens with zero attached hydrogens (tertiary/aromatic N) is 1. The van der Waals surface area contributed by atoms with E-state index >= 15 is 0 Å². The van der Waals surface area contributed by atoms with E-state index in [4.69, 9.17) is 5.11 Å². The number of aromatic nitrogens is 1. The van der Waals surface area contributed by atoms with Gasteiger partial charge in [0, 0.05) is 17.3 Å². The summed E-state index contributed by atoms with van der Waals surface area (Å²) in [4.78, 5) is 27.6. The van der Waals surface area contributed by atoms with Crippen LogP contribution in [-0.2, 0) is 21.4 Å². The zero-order valence-electron chi connectivity index (χ0n) is 14.0. The standard InChI is InChI=1S/C16H26N2O3S/c1-10(2)6-11(14(20)21)8-17-13(19)7-12-9-22-15(18-12)16(3,4)5/h9-11H,6-8H2,1-5H3,(H,17,19)(H,20,21). The third kappa shape index (κ3) is 6.13. The molecular weight excluding hydrogens is 300 g/mol. The molecule has 0 aliphatic rings. The highest BCUT2D eigenvalue weighted by Gasteiger charge is 2.21. The highest BCUT2D eigenvalue weighted by Crippen LogP contribution is 2.25. The van der Waals surface area contributed by atoms with Crippen molar-refractivity contribution in [1.82, 2.24) is 10.3 Å². The summed E-state index contributed by atoms with van der Waals surface area (Å²) >= 11 is 1.55. The smallest absolute Gasteiger partial charge is 0.308 e. The first-order chi connectivity index (χ1) is 10.1. The summed E-state index contributed by atoms with van der Waals surface area (Å²) in [7, 11) is 0. The first-order valence-corrected chi connectivity index (χ1v) is 8.42. The maximum atomic E-state index is 11.9. The molecule has 124 valence electrons. The SMILES string of the molecule is CC(C)CC(CNC(=O)Cc1csc(C(C)(C)C)n1)C(=O)O. The number of hydrogen-bond acceptors (Lipinski definition) is 4. The van der Waals surface area contributed by atoms with E-state index in [2.05, 4.69) is 31.1 Å². The first-order valence-electron chi connectivity index (χ1n) is 7.54. The maximum Gasteiger partial charge on any atom is 0.308 e. The van der Waals surface area contributed by atoms with Crippen LogP contribution in [0.5, 0.6) is 0 Å². The van der Waals surface area contributed by atoms with E-state index in [0.717, 1.165) is 10.7 Å². The van der Waals surface area contributed by atoms with Gasteiger partial charge in [0.2, 0.25) is 5.91 Å². The predicted octanol–water partition coefficient (Wildman–Crippen LogP) is 2.85. The Balaban J connectivity index is 2.52. The van der Waals surface area contributed by atoms with Crippen LogP contribution in [0.3, 0.4) is 0 Å². The molecule has 1 unspecified atom stereocenters. The van der Waals surface area contributed by atoms with Gasteiger partial charge in [0.15, 0.2) is 0 Å². The fourth-order valence-electron chi connectivity index (χ4n) is 2.04. The molecule has 0 fully saturated rings. The van der Waals surface area contributed by atoms with Gasteiger partial charge in [-0.1, -0.05) is 34.6 Å². The van der Waals surface area contributed by atoms with E-state index in [9.17, 15) is 9.59 Å². The lowest BCUT2D eigenvalue weighted by atomic mass is 9.97. The summed E-state index contributed by atoms with van der Waals surface area (Å²) in [6.45, 7) is 10.4. The number of hydrogen-bond donors (Lipinski definition) is 2. The summed E-state index contributed by atoms with van der Waals surface area (Å²) < 4.78 is 0. The molecule has 1 heterocycles. The van der Waals surface area contributed by atoms with Crippen molar-refractivity contribution in [2.45, 2.75) is 52.9 Å². The molecule has 0 aliphatic heterocycles. The molecule has 5 nitrogen and oxygen atoms in total. The Morgan fingerprint density at radius 3 is 2.45 bits per heavy atom. The Hall–Kier alpha value is -1.43. The van der Waals surface area contributed by atoms with Gasteiger partial charge < -0.3 is 10.4 Å². The van der Waals surface area contributed by atoms with E-state index in [0.29, 0.717) is 6.42 Å². The monoisotopic (exact) mass is 326 g/mol. The summed E-state index contributed by atoms with van der Waals surface area (Å²) in [5.41, 5.74) is 0.716. The van der Waals surface area contributed by atoms with Crippen molar-refractivity contribution in [3.63, 3.8) is 0 Å². The van der Waals surface area contributed by atoms with Crippen LogP contribution in [0.2, 0.25) is 0 Å². The molecule has 0 radical (unpaired) electrons. The lowest BCUT2D eigenvalue weighted by Crippen LogP contribution is -2.34. The van der Waals surface area contributed by atoms with E-state index in [-0.39, 0.29) is 30.2 Å². The second-order valence-electron chi connectivity index (χ2n) is 7.04. The fraction of sp³-hybridized carbons (Fsp3) is 0.688. The average Bonchev–Trinajstić information content (AvgIpc) is 2.82. The number of nitrogens with one attached hydrogen (secondary N) is 1. The minimum absolute atomic E-state index is 0.0228. The maximum absolute atomic E-state index is 11.9. The molecule has 1 amide bonds. The molecule has 1 aromatic heterocycles. The van der Waals surface area contributed by atoms with Crippen molar-refractivity contribution in [2.24, 2.45) is 11.8 Å². The fourth-order valence-corrected chi connectivity index (χ4v) is 2.94. The molecule has 0 spiro atoms. The summed E-state index contributed by atoms with van der Waals surface area (Å²) in [5.74, 6) is -1.30. The van der Waals surface area contributed by atoms with Crippen molar-refractivity contribution in [2.75, 3.05) is 6.54 Å². The Bertz CT molecular complexity index is 518. The molecule has 1 rings (SSSR count). The largest absolute Gasteiger partial charge is 0.481 e. The topological polar surface area (TPSA) is 79.3 Å². The Morgan fingerprint density at radius 1 is 1.36 bits per heavy atom. The number of amides is 1. The van der Waals surface area contributed by atoms with Crippen molar-refractivity contribution < 1.29 is 14.7 Å². The van der Waals surface area contributed by atoms with Gasteiger partial charge in [-0.3, -0.25) is 9.59 Å². The summed E-state index contributed by atoms with van der Waals surface area (Å²) in [5, 5.41) is 14.8. The van der Waals surface area contributed by atoms with Gasteiger partial charge in [-0.05, 0) is 12.3 Å². The minimum Gasteiger partial charge on any atom is -0.481 e. The normalized spacial score (nSPS) is 13.2. The van der Waals surface area contributed by atoms with Crippen LogP contribution in [0, 0.1) is 11.8 Å². The summed E-state index contributed by atoms with van der Waals surface area (Å²) in [6, 6.07) is 0. The lowest BCUT2D eigenvalue weighted by Gasteiger charge is -2.15. The highest BCUT2D eigenvalue weighted by atomic mass is 32.1. The molecule has 1 atom stereocenters. The molecule has 0 aliphatic carbocycles. The van der Waals surface area contributed by atoms with Crippen LogP contribution < -0.4 is 5.32 Å². The number of thiazole rings is 1. The second-order valence-corrected chi connectivity index (χ2v) is 7.90. The third-order valence-electron chi connectivity index (χ3n) is 3.19. The third-order valence-corrected chi connectivity index (χ3v) is 4.50. The average molecular weight is 326 g/mol. The number of carbonyl (C=O) groups excluding carboxylic acids is 1. The van der Waals surface area contributed by atoms with Gasteiger partial charge in [0.1, 0.15) is 0 Å². The van der Waals surface area contributed by atoms with E-state index in [1.807, 2.05) is 19.2 Å². The van der Waals surface area contributed by atoms with Crippen molar-refractivity contribution in [3.05, 3.63) is 16.1 Å². The Kier molecular flexibility index (Phi) is 6.53. The van der Waals surface area contributed by atoms with Gasteiger partial charge >= 0.3 is 5.97 Å². The van der Waals surface area contributed by atoms with E-state index in [1.165, 1.54) is 0 Å². The number of rotatable bonds is 7. The molecule has 0 saturated heterocycles. The molecule has 22 heavy (non-hydrogen) atoms. The van der Waals surface area contributed by atoms with Crippen LogP contribution in [-0.4, -0.2) is 28.5 Å². The molecule has 0 aromatic carbocycles. The van der Waals surface area contributed by atoms with Crippen LogP contribution in [0.1, 0.15) is 51.7 Å². The molecule has 0 saturated carbocycles. The van der Waals surface area contributed by atoms with E-state index < -0.39 is 11.9 Å². The van der Waals surface area contributed by atoms with E-state index in [1.54, 1.807) is 11.3 Å². The van der Waals surface area contributed by atoms with Gasteiger partial charge in [-0.15, -0.1) is 11.3 Å². The molecule has 1 aromatic rings. The number of carbonyl (C=O) groups is 2. The van der Waals surface area contributed by atoms with Crippen LogP contribution in [0.25, 0.3) is 0 Å². The lowest BCUT2D eigenvalue weighted by molar-refractivity contribution is -0.142. The van der Waals surface area contributed by atoms with Gasteiger partial charge in [-0.2, -0.15) is 0 Å². The molecule has 6 heteroatoms. The molecule has 2 N–H and O–H groups in total. The highest BCUT2D eigenvalue weighted by molar-refractivity contribution is 7.09. The Morgan fingerprint density at radius 2 is 2.00 bits per heavy atom. The quantitative estimate of drug-likeness (QED) is 0.807. The van der Waals surface area contributed by atoms with Crippen LogP contribution in [0.15, 0.2) is 5.38 Å². The Labute approximate surface area is 136 Å². The molecule has 0 bridgehead atoms. The van der Waals surface area contributed by atoms with Gasteiger partial charge in [-0.25, -0.2) is 4.98 Å². The first kappa shape index (κ1) is 18.6. The molecular formula is C16H26N2O3S. The predicted molar refractivity (Wildman–Crippen MR) is 88.1 cm³/mol. The van der Waals surface area contributed by atoms with Crippen molar-refractivity contribution in [1.29, 1.82) is 0 Å². The second kappa shape index (κ2) is 7.72. The zero-order chi connectivity index (χ0) is 16.9. The van der Waals surface area contributed by atoms with Gasteiger partial charge in [0.05, 0.1) is 23.0 Å². The zero-order valence-corrected chi connectivity index (χ0v) is 14.8. The van der Waals surface area contributed by atoms with Crippen LogP contribution >= 0.6 is 11.3 Å². The van der Waals surface area contributed by atoms with Crippen LogP contribution in [0.4, 0.5) is 0 Å². The minimum atomic E-state index is -0.863. The summed E-state index contributed by atoms with van der Waals surface area (Å²) in [6.07, 6.45) is 0.751.